The van der Waals surface area contributed by atoms with Crippen LogP contribution in [0, 0.1) is 6.92 Å². The lowest BCUT2D eigenvalue weighted by atomic mass is 10.2. The summed E-state index contributed by atoms with van der Waals surface area (Å²) in [6, 6.07) is 11.3. The van der Waals surface area contributed by atoms with E-state index < -0.39 is 5.91 Å². The van der Waals surface area contributed by atoms with E-state index >= 15 is 0 Å². The van der Waals surface area contributed by atoms with Crippen LogP contribution in [0.25, 0.3) is 0 Å². The van der Waals surface area contributed by atoms with Crippen LogP contribution in [-0.2, 0) is 16.1 Å². The number of carbonyl (C=O) groups is 2. The van der Waals surface area contributed by atoms with Crippen LogP contribution in [0.4, 0.5) is 5.82 Å². The average molecular weight is 301 g/mol. The van der Waals surface area contributed by atoms with Gasteiger partial charge in [0.25, 0.3) is 0 Å². The van der Waals surface area contributed by atoms with Crippen molar-refractivity contribution in [3.8, 4) is 0 Å². The fourth-order valence-electron chi connectivity index (χ4n) is 2.04. The zero-order valence-corrected chi connectivity index (χ0v) is 12.7. The van der Waals surface area contributed by atoms with Crippen molar-refractivity contribution >= 4 is 17.6 Å². The van der Waals surface area contributed by atoms with Gasteiger partial charge in [0.2, 0.25) is 11.8 Å². The molecule has 0 saturated heterocycles. The molecule has 2 amide bonds. The smallest absolute Gasteiger partial charge is 0.235 e. The quantitative estimate of drug-likeness (QED) is 0.831. The van der Waals surface area contributed by atoms with E-state index in [4.69, 9.17) is 4.52 Å². The highest BCUT2D eigenvalue weighted by molar-refractivity contribution is 6.03. The van der Waals surface area contributed by atoms with Crippen molar-refractivity contribution in [2.24, 2.45) is 0 Å². The molecular formula is C16H19N3O3. The summed E-state index contributed by atoms with van der Waals surface area (Å²) < 4.78 is 4.86. The Kier molecular flexibility index (Phi) is 5.30. The Hall–Kier alpha value is -2.63. The third-order valence-corrected chi connectivity index (χ3v) is 3.16. The number of hydrogen-bond acceptors (Lipinski definition) is 4. The Morgan fingerprint density at radius 2 is 2.00 bits per heavy atom. The van der Waals surface area contributed by atoms with Crippen LogP contribution in [0.5, 0.6) is 0 Å². The van der Waals surface area contributed by atoms with Crippen molar-refractivity contribution in [2.75, 3.05) is 11.9 Å². The van der Waals surface area contributed by atoms with E-state index in [9.17, 15) is 9.59 Å². The van der Waals surface area contributed by atoms with Gasteiger partial charge in [-0.05, 0) is 19.4 Å². The summed E-state index contributed by atoms with van der Waals surface area (Å²) in [5.41, 5.74) is 1.03. The van der Waals surface area contributed by atoms with E-state index in [1.807, 2.05) is 37.3 Å². The predicted octanol–water partition coefficient (Wildman–Crippen LogP) is 2.36. The predicted molar refractivity (Wildman–Crippen MR) is 82.0 cm³/mol. The molecular weight excluding hydrogens is 282 g/mol. The van der Waals surface area contributed by atoms with Crippen molar-refractivity contribution in [1.82, 2.24) is 10.1 Å². The molecule has 1 aromatic carbocycles. The van der Waals surface area contributed by atoms with Gasteiger partial charge in [-0.1, -0.05) is 35.5 Å². The van der Waals surface area contributed by atoms with Crippen molar-refractivity contribution in [3.05, 3.63) is 47.7 Å². The molecule has 2 rings (SSSR count). The minimum atomic E-state index is -0.398. The van der Waals surface area contributed by atoms with Crippen molar-refractivity contribution < 1.29 is 14.1 Å². The van der Waals surface area contributed by atoms with E-state index in [1.54, 1.807) is 17.9 Å². The zero-order valence-electron chi connectivity index (χ0n) is 12.7. The van der Waals surface area contributed by atoms with Crippen molar-refractivity contribution in [3.63, 3.8) is 0 Å². The number of nitrogens with zero attached hydrogens (tertiary/aromatic N) is 2. The largest absolute Gasteiger partial charge is 0.360 e. The van der Waals surface area contributed by atoms with Crippen LogP contribution in [-0.4, -0.2) is 28.4 Å². The molecule has 0 aliphatic heterocycles. The molecule has 0 spiro atoms. The van der Waals surface area contributed by atoms with Crippen molar-refractivity contribution in [1.29, 1.82) is 0 Å². The van der Waals surface area contributed by atoms with Gasteiger partial charge in [0.15, 0.2) is 5.82 Å². The average Bonchev–Trinajstić information content (AvgIpc) is 2.90. The maximum atomic E-state index is 12.2. The first-order valence-electron chi connectivity index (χ1n) is 7.13. The molecule has 0 atom stereocenters. The first kappa shape index (κ1) is 15.8. The summed E-state index contributed by atoms with van der Waals surface area (Å²) in [5, 5.41) is 6.21. The standard InChI is InChI=1S/C16H19N3O3/c1-3-19(11-13-7-5-4-6-8-13)16(21)10-15(20)17-14-9-12(2)22-18-14/h4-9H,3,10-11H2,1-2H3,(H,17,18,20). The molecule has 22 heavy (non-hydrogen) atoms. The highest BCUT2D eigenvalue weighted by atomic mass is 16.5. The molecule has 0 aliphatic carbocycles. The minimum Gasteiger partial charge on any atom is -0.360 e. The molecule has 6 nitrogen and oxygen atoms in total. The summed E-state index contributed by atoms with van der Waals surface area (Å²) in [4.78, 5) is 25.7. The first-order valence-corrected chi connectivity index (χ1v) is 7.13. The Labute approximate surface area is 129 Å². The Morgan fingerprint density at radius 3 is 2.59 bits per heavy atom. The number of hydrogen-bond donors (Lipinski definition) is 1. The first-order chi connectivity index (χ1) is 10.6. The van der Waals surface area contributed by atoms with E-state index in [2.05, 4.69) is 10.5 Å². The van der Waals surface area contributed by atoms with Gasteiger partial charge < -0.3 is 14.7 Å². The normalized spacial score (nSPS) is 10.3. The second-order valence-electron chi connectivity index (χ2n) is 4.94. The summed E-state index contributed by atoms with van der Waals surface area (Å²) >= 11 is 0. The van der Waals surface area contributed by atoms with Crippen LogP contribution in [0.15, 0.2) is 40.9 Å². The summed E-state index contributed by atoms with van der Waals surface area (Å²) in [5.74, 6) is 0.302. The third kappa shape index (κ3) is 4.44. The van der Waals surface area contributed by atoms with Crippen LogP contribution in [0.3, 0.4) is 0 Å². The van der Waals surface area contributed by atoms with E-state index in [0.717, 1.165) is 5.56 Å². The molecule has 0 bridgehead atoms. The van der Waals surface area contributed by atoms with Gasteiger partial charge in [-0.15, -0.1) is 0 Å². The van der Waals surface area contributed by atoms with Crippen LogP contribution in [0.1, 0.15) is 24.7 Å². The minimum absolute atomic E-state index is 0.216. The fraction of sp³-hybridized carbons (Fsp3) is 0.312. The lowest BCUT2D eigenvalue weighted by Crippen LogP contribution is -2.33. The molecule has 0 radical (unpaired) electrons. The lowest BCUT2D eigenvalue weighted by molar-refractivity contribution is -0.134. The summed E-state index contributed by atoms with van der Waals surface area (Å²) in [6.07, 6.45) is -0.216. The molecule has 6 heteroatoms. The Balaban J connectivity index is 1.90. The van der Waals surface area contributed by atoms with Gasteiger partial charge in [0.05, 0.1) is 0 Å². The number of rotatable bonds is 6. The van der Waals surface area contributed by atoms with Gasteiger partial charge in [-0.25, -0.2) is 0 Å². The van der Waals surface area contributed by atoms with E-state index in [0.29, 0.717) is 24.7 Å². The molecule has 0 aliphatic rings. The molecule has 2 aromatic rings. The number of carbonyl (C=O) groups excluding carboxylic acids is 2. The maximum Gasteiger partial charge on any atom is 0.235 e. The second kappa shape index (κ2) is 7.40. The number of anilines is 1. The van der Waals surface area contributed by atoms with Crippen LogP contribution in [0.2, 0.25) is 0 Å². The third-order valence-electron chi connectivity index (χ3n) is 3.16. The molecule has 0 unspecified atom stereocenters. The molecule has 116 valence electrons. The van der Waals surface area contributed by atoms with Gasteiger partial charge >= 0.3 is 0 Å². The summed E-state index contributed by atoms with van der Waals surface area (Å²) in [6.45, 7) is 4.66. The molecule has 0 fully saturated rings. The molecule has 0 saturated carbocycles. The van der Waals surface area contributed by atoms with Gasteiger partial charge in [0.1, 0.15) is 12.2 Å². The Bertz CT molecular complexity index is 637. The number of nitrogens with one attached hydrogen (secondary N) is 1. The number of amides is 2. The number of benzene rings is 1. The van der Waals surface area contributed by atoms with Crippen molar-refractivity contribution in [2.45, 2.75) is 26.8 Å². The molecule has 1 heterocycles. The molecule has 1 aromatic heterocycles. The monoisotopic (exact) mass is 301 g/mol. The number of aromatic nitrogens is 1. The second-order valence-corrected chi connectivity index (χ2v) is 4.94. The maximum absolute atomic E-state index is 12.2. The van der Waals surface area contributed by atoms with Gasteiger partial charge in [-0.2, -0.15) is 0 Å². The van der Waals surface area contributed by atoms with E-state index in [-0.39, 0.29) is 12.3 Å². The van der Waals surface area contributed by atoms with Crippen LogP contribution >= 0.6 is 0 Å². The highest BCUT2D eigenvalue weighted by Crippen LogP contribution is 2.09. The van der Waals surface area contributed by atoms with Gasteiger partial charge in [-0.3, -0.25) is 9.59 Å². The Morgan fingerprint density at radius 1 is 1.27 bits per heavy atom. The van der Waals surface area contributed by atoms with Gasteiger partial charge in [0, 0.05) is 19.2 Å². The number of aryl methyl sites for hydroxylation is 1. The zero-order chi connectivity index (χ0) is 15.9. The van der Waals surface area contributed by atoms with E-state index in [1.165, 1.54) is 0 Å². The topological polar surface area (TPSA) is 75.4 Å². The molecule has 1 N–H and O–H groups in total. The summed E-state index contributed by atoms with van der Waals surface area (Å²) in [7, 11) is 0. The fourth-order valence-corrected chi connectivity index (χ4v) is 2.04. The van der Waals surface area contributed by atoms with Crippen LogP contribution < -0.4 is 5.32 Å². The lowest BCUT2D eigenvalue weighted by Gasteiger charge is -2.20. The SMILES string of the molecule is CCN(Cc1ccccc1)C(=O)CC(=O)Nc1cc(C)on1. The highest BCUT2D eigenvalue weighted by Gasteiger charge is 2.17.